The lowest BCUT2D eigenvalue weighted by atomic mass is 10.1. The second-order valence-electron chi connectivity index (χ2n) is 2.92. The van der Waals surface area contributed by atoms with Gasteiger partial charge in [0.25, 0.3) is 0 Å². The predicted octanol–water partition coefficient (Wildman–Crippen LogP) is 0.0794. The molecule has 8 heteroatoms. The van der Waals surface area contributed by atoms with Crippen molar-refractivity contribution in [2.75, 3.05) is 0 Å². The monoisotopic (exact) mass is 254 g/mol. The normalized spacial score (nSPS) is 12.3. The molecule has 0 aliphatic heterocycles. The van der Waals surface area contributed by atoms with Gasteiger partial charge in [-0.15, -0.1) is 8.78 Å². The molecular formula is C10H4F2N2O4-2. The third-order valence-corrected chi connectivity index (χ3v) is 1.74. The van der Waals surface area contributed by atoms with Crippen molar-refractivity contribution < 1.29 is 28.6 Å². The standard InChI is InChI=1S/C10H6F2N2O4/c11-9(17)13-7(15)5-2-1-3-6(4-5)8(16)14-10(12)18/h1-4H,(H,13,15,17)(H,14,16,18)/p-2. The number of rotatable bonds is 2. The smallest absolute Gasteiger partial charge is 0.423 e. The lowest BCUT2D eigenvalue weighted by Crippen LogP contribution is -2.23. The first kappa shape index (κ1) is 13.4. The van der Waals surface area contributed by atoms with Gasteiger partial charge >= 0.3 is 12.3 Å². The molecule has 0 atom stereocenters. The minimum Gasteiger partial charge on any atom is -0.858 e. The fraction of sp³-hybridized carbons (Fsp3) is 0. The molecule has 0 saturated heterocycles. The molecule has 0 fully saturated rings. The van der Waals surface area contributed by atoms with Crippen LogP contribution in [0, 0.1) is 0 Å². The van der Waals surface area contributed by atoms with Gasteiger partial charge in [-0.3, -0.25) is 0 Å². The molecule has 1 aromatic carbocycles. The summed E-state index contributed by atoms with van der Waals surface area (Å²) in [6.07, 6.45) is -4.36. The Hall–Kier alpha value is -2.64. The summed E-state index contributed by atoms with van der Waals surface area (Å²) >= 11 is 0. The number of carbonyl (C=O) groups is 2. The molecule has 0 aromatic heterocycles. The zero-order valence-corrected chi connectivity index (χ0v) is 8.59. The van der Waals surface area contributed by atoms with E-state index in [0.717, 1.165) is 18.2 Å². The molecule has 6 nitrogen and oxygen atoms in total. The molecule has 18 heavy (non-hydrogen) atoms. The lowest BCUT2D eigenvalue weighted by molar-refractivity contribution is -0.212. The van der Waals surface area contributed by atoms with Gasteiger partial charge in [0.15, 0.2) is 0 Å². The van der Waals surface area contributed by atoms with Gasteiger partial charge in [-0.2, -0.15) is 9.98 Å². The summed E-state index contributed by atoms with van der Waals surface area (Å²) in [5, 5.41) is 22.3. The van der Waals surface area contributed by atoms with Crippen LogP contribution in [-0.2, 0) is 0 Å². The molecule has 1 rings (SSSR count). The summed E-state index contributed by atoms with van der Waals surface area (Å²) in [5.74, 6) is -2.41. The van der Waals surface area contributed by atoms with Crippen LogP contribution < -0.4 is 10.2 Å². The van der Waals surface area contributed by atoms with Crippen molar-refractivity contribution in [3.05, 3.63) is 35.4 Å². The third-order valence-electron chi connectivity index (χ3n) is 1.74. The molecule has 2 amide bonds. The van der Waals surface area contributed by atoms with E-state index in [0.29, 0.717) is 0 Å². The van der Waals surface area contributed by atoms with Crippen molar-refractivity contribution in [1.29, 1.82) is 0 Å². The second kappa shape index (κ2) is 5.62. The van der Waals surface area contributed by atoms with E-state index in [-0.39, 0.29) is 11.1 Å². The van der Waals surface area contributed by atoms with Crippen LogP contribution in [0.1, 0.15) is 11.1 Å². The highest BCUT2D eigenvalue weighted by Gasteiger charge is 2.00. The van der Waals surface area contributed by atoms with E-state index >= 15 is 0 Å². The van der Waals surface area contributed by atoms with Gasteiger partial charge in [0.2, 0.25) is 0 Å². The summed E-state index contributed by atoms with van der Waals surface area (Å²) in [4.78, 5) is 24.9. The van der Waals surface area contributed by atoms with Gasteiger partial charge in [0.05, 0.1) is 0 Å². The number of hydrogen-bond acceptors (Lipinski definition) is 4. The first-order valence-electron chi connectivity index (χ1n) is 4.41. The maximum Gasteiger partial charge on any atom is 0.423 e. The number of halogens is 2. The number of hydrogen-bond donors (Lipinski definition) is 0. The van der Waals surface area contributed by atoms with Crippen LogP contribution in [0.25, 0.3) is 0 Å². The Morgan fingerprint density at radius 3 is 1.67 bits per heavy atom. The molecule has 0 saturated carbocycles. The fourth-order valence-electron chi connectivity index (χ4n) is 1.07. The molecule has 1 aromatic rings. The Bertz CT molecular complexity index is 509. The Morgan fingerprint density at radius 2 is 1.33 bits per heavy atom. The molecule has 0 bridgehead atoms. The van der Waals surface area contributed by atoms with E-state index in [1.807, 2.05) is 0 Å². The number of aliphatic imine (C=N–C) groups is 2. The van der Waals surface area contributed by atoms with E-state index in [1.165, 1.54) is 6.07 Å². The van der Waals surface area contributed by atoms with Gasteiger partial charge in [0.1, 0.15) is 0 Å². The first-order valence-corrected chi connectivity index (χ1v) is 4.41. The van der Waals surface area contributed by atoms with Crippen molar-refractivity contribution in [2.24, 2.45) is 9.98 Å². The van der Waals surface area contributed by atoms with Crippen molar-refractivity contribution in [3.8, 4) is 0 Å². The Balaban J connectivity index is 3.14. The van der Waals surface area contributed by atoms with Crippen LogP contribution in [0.2, 0.25) is 0 Å². The van der Waals surface area contributed by atoms with Crippen molar-refractivity contribution >= 4 is 24.1 Å². The average Bonchev–Trinajstić information content (AvgIpc) is 2.27. The number of amides is 2. The van der Waals surface area contributed by atoms with Crippen molar-refractivity contribution in [2.45, 2.75) is 0 Å². The molecule has 0 N–H and O–H groups in total. The Kier molecular flexibility index (Phi) is 4.19. The van der Waals surface area contributed by atoms with Crippen LogP contribution in [-0.4, -0.2) is 24.1 Å². The topological polar surface area (TPSA) is 105 Å². The minimum absolute atomic E-state index is 0.270. The second-order valence-corrected chi connectivity index (χ2v) is 2.92. The summed E-state index contributed by atoms with van der Waals surface area (Å²) < 4.78 is 23.7. The minimum atomic E-state index is -2.18. The maximum absolute atomic E-state index is 11.9. The van der Waals surface area contributed by atoms with E-state index in [9.17, 15) is 28.6 Å². The zero-order chi connectivity index (χ0) is 13.7. The summed E-state index contributed by atoms with van der Waals surface area (Å²) in [6, 6.07) is 4.42. The quantitative estimate of drug-likeness (QED) is 0.322. The maximum atomic E-state index is 11.9. The molecular weight excluding hydrogens is 250 g/mol. The Labute approximate surface area is 98.9 Å². The Morgan fingerprint density at radius 1 is 0.944 bits per heavy atom. The van der Waals surface area contributed by atoms with Crippen LogP contribution in [0.15, 0.2) is 34.3 Å². The van der Waals surface area contributed by atoms with Gasteiger partial charge in [0, 0.05) is 11.8 Å². The van der Waals surface area contributed by atoms with Gasteiger partial charge in [-0.25, -0.2) is 9.59 Å². The van der Waals surface area contributed by atoms with Crippen molar-refractivity contribution in [1.82, 2.24) is 0 Å². The van der Waals surface area contributed by atoms with E-state index < -0.39 is 24.1 Å². The SMILES string of the molecule is O=C(F)/N=C(\[O-])c1cccc(/C([O-])=N/C(=O)F)c1. The van der Waals surface area contributed by atoms with Crippen LogP contribution in [0.5, 0.6) is 0 Å². The predicted molar refractivity (Wildman–Crippen MR) is 52.5 cm³/mol. The third kappa shape index (κ3) is 3.74. The molecule has 94 valence electrons. The highest BCUT2D eigenvalue weighted by molar-refractivity contribution is 6.01. The number of carbonyl (C=O) groups excluding carboxylic acids is 2. The van der Waals surface area contributed by atoms with E-state index in [1.54, 1.807) is 0 Å². The van der Waals surface area contributed by atoms with E-state index in [4.69, 9.17) is 0 Å². The molecule has 0 spiro atoms. The largest absolute Gasteiger partial charge is 0.858 e. The summed E-state index contributed by atoms with van der Waals surface area (Å²) in [7, 11) is 0. The fourth-order valence-corrected chi connectivity index (χ4v) is 1.07. The molecule has 0 heterocycles. The van der Waals surface area contributed by atoms with Crippen molar-refractivity contribution in [3.63, 3.8) is 0 Å². The van der Waals surface area contributed by atoms with Crippen LogP contribution in [0.4, 0.5) is 18.4 Å². The number of benzene rings is 1. The summed E-state index contributed by atoms with van der Waals surface area (Å²) in [5.41, 5.74) is -0.540. The molecule has 0 aliphatic carbocycles. The summed E-state index contributed by atoms with van der Waals surface area (Å²) in [6.45, 7) is 0. The molecule has 0 aliphatic rings. The van der Waals surface area contributed by atoms with E-state index in [2.05, 4.69) is 9.98 Å². The first-order chi connectivity index (χ1) is 8.40. The molecule has 0 unspecified atom stereocenters. The number of nitrogens with zero attached hydrogens (tertiary/aromatic N) is 2. The highest BCUT2D eigenvalue weighted by Crippen LogP contribution is 2.05. The van der Waals surface area contributed by atoms with Gasteiger partial charge in [-0.1, -0.05) is 18.2 Å². The lowest BCUT2D eigenvalue weighted by Gasteiger charge is -2.13. The average molecular weight is 254 g/mol. The molecule has 0 radical (unpaired) electrons. The zero-order valence-electron chi connectivity index (χ0n) is 8.59. The van der Waals surface area contributed by atoms with Gasteiger partial charge in [-0.05, 0) is 17.2 Å². The highest BCUT2D eigenvalue weighted by atomic mass is 19.1. The van der Waals surface area contributed by atoms with Crippen LogP contribution >= 0.6 is 0 Å². The van der Waals surface area contributed by atoms with Gasteiger partial charge < -0.3 is 10.2 Å². The van der Waals surface area contributed by atoms with Crippen LogP contribution in [0.3, 0.4) is 0 Å².